The molecular formula is C22H24ClN3O5S. The van der Waals surface area contributed by atoms with Gasteiger partial charge in [-0.05, 0) is 31.4 Å². The predicted octanol–water partition coefficient (Wildman–Crippen LogP) is 2.70. The van der Waals surface area contributed by atoms with Crippen molar-refractivity contribution in [3.8, 4) is 5.75 Å². The van der Waals surface area contributed by atoms with Crippen LogP contribution in [0.4, 0.5) is 5.69 Å². The van der Waals surface area contributed by atoms with E-state index in [1.807, 2.05) is 31.2 Å². The van der Waals surface area contributed by atoms with Crippen LogP contribution in [-0.4, -0.2) is 44.2 Å². The van der Waals surface area contributed by atoms with Crippen molar-refractivity contribution in [3.63, 3.8) is 0 Å². The minimum atomic E-state index is -3.95. The fourth-order valence-corrected chi connectivity index (χ4v) is 5.87. The molecule has 0 saturated carbocycles. The molecule has 2 N–H and O–H groups in total. The smallest absolute Gasteiger partial charge is 0.262 e. The predicted molar refractivity (Wildman–Crippen MR) is 120 cm³/mol. The molecule has 0 radical (unpaired) electrons. The monoisotopic (exact) mass is 477 g/mol. The van der Waals surface area contributed by atoms with Gasteiger partial charge in [0, 0.05) is 25.7 Å². The summed E-state index contributed by atoms with van der Waals surface area (Å²) in [6.07, 6.45) is 1.18. The minimum Gasteiger partial charge on any atom is -0.482 e. The van der Waals surface area contributed by atoms with E-state index in [0.29, 0.717) is 31.6 Å². The zero-order valence-electron chi connectivity index (χ0n) is 17.6. The van der Waals surface area contributed by atoms with E-state index in [-0.39, 0.29) is 40.6 Å². The Morgan fingerprint density at radius 3 is 2.78 bits per heavy atom. The highest BCUT2D eigenvalue weighted by molar-refractivity contribution is 7.89. The number of amides is 2. The van der Waals surface area contributed by atoms with Crippen LogP contribution in [0.1, 0.15) is 24.0 Å². The summed E-state index contributed by atoms with van der Waals surface area (Å²) in [5.74, 6) is -0.708. The molecule has 1 saturated heterocycles. The third-order valence-electron chi connectivity index (χ3n) is 5.63. The van der Waals surface area contributed by atoms with Gasteiger partial charge in [-0.25, -0.2) is 8.42 Å². The first-order valence-corrected chi connectivity index (χ1v) is 12.2. The van der Waals surface area contributed by atoms with Gasteiger partial charge in [0.2, 0.25) is 15.9 Å². The molecule has 8 nitrogen and oxygen atoms in total. The fraction of sp³-hybridized carbons (Fsp3) is 0.364. The lowest BCUT2D eigenvalue weighted by atomic mass is 9.98. The van der Waals surface area contributed by atoms with Crippen LogP contribution in [-0.2, 0) is 26.2 Å². The van der Waals surface area contributed by atoms with E-state index in [0.717, 1.165) is 11.1 Å². The van der Waals surface area contributed by atoms with Gasteiger partial charge in [0.15, 0.2) is 6.61 Å². The number of sulfonamides is 1. The second-order valence-electron chi connectivity index (χ2n) is 8.02. The number of hydrogen-bond donors (Lipinski definition) is 2. The van der Waals surface area contributed by atoms with Crippen molar-refractivity contribution in [1.82, 2.24) is 9.62 Å². The Morgan fingerprint density at radius 1 is 1.28 bits per heavy atom. The van der Waals surface area contributed by atoms with Crippen LogP contribution in [0.2, 0.25) is 5.02 Å². The summed E-state index contributed by atoms with van der Waals surface area (Å²) < 4.78 is 33.2. The Kier molecular flexibility index (Phi) is 6.41. The number of hydrogen-bond acceptors (Lipinski definition) is 5. The fourth-order valence-electron chi connectivity index (χ4n) is 3.83. The molecule has 0 spiro atoms. The maximum Gasteiger partial charge on any atom is 0.262 e. The van der Waals surface area contributed by atoms with E-state index in [2.05, 4.69) is 10.6 Å². The molecule has 2 aromatic rings. The molecule has 1 fully saturated rings. The normalized spacial score (nSPS) is 18.9. The number of aryl methyl sites for hydroxylation is 1. The number of ether oxygens (including phenoxy) is 1. The van der Waals surface area contributed by atoms with Crippen LogP contribution in [0, 0.1) is 12.8 Å². The molecule has 0 unspecified atom stereocenters. The Bertz CT molecular complexity index is 1150. The molecule has 2 aromatic carbocycles. The third kappa shape index (κ3) is 4.74. The Hall–Kier alpha value is -2.62. The Morgan fingerprint density at radius 2 is 2.03 bits per heavy atom. The zero-order valence-corrected chi connectivity index (χ0v) is 19.1. The summed E-state index contributed by atoms with van der Waals surface area (Å²) in [7, 11) is -3.95. The second-order valence-corrected chi connectivity index (χ2v) is 10.3. The largest absolute Gasteiger partial charge is 0.482 e. The van der Waals surface area contributed by atoms with Crippen molar-refractivity contribution in [3.05, 3.63) is 52.5 Å². The summed E-state index contributed by atoms with van der Waals surface area (Å²) in [6, 6.07) is 10.6. The Balaban J connectivity index is 1.47. The van der Waals surface area contributed by atoms with E-state index in [1.54, 1.807) is 0 Å². The van der Waals surface area contributed by atoms with Crippen molar-refractivity contribution in [2.45, 2.75) is 31.2 Å². The van der Waals surface area contributed by atoms with E-state index in [1.165, 1.54) is 16.4 Å². The minimum absolute atomic E-state index is 0.0134. The number of anilines is 1. The molecule has 170 valence electrons. The summed E-state index contributed by atoms with van der Waals surface area (Å²) in [5.41, 5.74) is 2.45. The van der Waals surface area contributed by atoms with E-state index in [9.17, 15) is 18.0 Å². The molecule has 2 heterocycles. The van der Waals surface area contributed by atoms with Crippen LogP contribution in [0.3, 0.4) is 0 Å². The lowest BCUT2D eigenvalue weighted by Crippen LogP contribution is -2.45. The van der Waals surface area contributed by atoms with Crippen LogP contribution in [0.25, 0.3) is 0 Å². The van der Waals surface area contributed by atoms with Crippen LogP contribution in [0.15, 0.2) is 41.3 Å². The van der Waals surface area contributed by atoms with Gasteiger partial charge in [-0.3, -0.25) is 9.59 Å². The molecule has 0 bridgehead atoms. The van der Waals surface area contributed by atoms with Gasteiger partial charge in [-0.2, -0.15) is 4.31 Å². The quantitative estimate of drug-likeness (QED) is 0.689. The molecule has 2 amide bonds. The SMILES string of the molecule is Cc1ccc(CNC(=O)[C@H]2CCCN(S(=O)(=O)c3cc4c(cc3Cl)NC(=O)CO4)C2)cc1. The summed E-state index contributed by atoms with van der Waals surface area (Å²) in [6.45, 7) is 2.57. The van der Waals surface area contributed by atoms with Crippen LogP contribution in [0.5, 0.6) is 5.75 Å². The highest BCUT2D eigenvalue weighted by Crippen LogP contribution is 2.37. The van der Waals surface area contributed by atoms with Crippen molar-refractivity contribution in [1.29, 1.82) is 0 Å². The average Bonchev–Trinajstić information content (AvgIpc) is 2.78. The first kappa shape index (κ1) is 22.6. The lowest BCUT2D eigenvalue weighted by Gasteiger charge is -2.31. The molecule has 0 aromatic heterocycles. The van der Waals surface area contributed by atoms with Crippen molar-refractivity contribution < 1.29 is 22.7 Å². The van der Waals surface area contributed by atoms with Gasteiger partial charge >= 0.3 is 0 Å². The number of fused-ring (bicyclic) bond motifs is 1. The molecule has 10 heteroatoms. The number of halogens is 1. The second kappa shape index (κ2) is 9.09. The number of piperidine rings is 1. The van der Waals surface area contributed by atoms with Gasteiger partial charge in [-0.1, -0.05) is 41.4 Å². The van der Waals surface area contributed by atoms with Gasteiger partial charge in [-0.15, -0.1) is 0 Å². The molecule has 4 rings (SSSR count). The van der Waals surface area contributed by atoms with Crippen LogP contribution < -0.4 is 15.4 Å². The van der Waals surface area contributed by atoms with E-state index < -0.39 is 15.9 Å². The van der Waals surface area contributed by atoms with Crippen molar-refractivity contribution >= 4 is 39.1 Å². The highest BCUT2D eigenvalue weighted by Gasteiger charge is 2.35. The summed E-state index contributed by atoms with van der Waals surface area (Å²) >= 11 is 6.25. The lowest BCUT2D eigenvalue weighted by molar-refractivity contribution is -0.126. The van der Waals surface area contributed by atoms with Gasteiger partial charge < -0.3 is 15.4 Å². The topological polar surface area (TPSA) is 105 Å². The van der Waals surface area contributed by atoms with Gasteiger partial charge in [0.05, 0.1) is 16.6 Å². The molecule has 0 aliphatic carbocycles. The standard InChI is InChI=1S/C22H24ClN3O5S/c1-14-4-6-15(7-5-14)11-24-22(28)16-3-2-8-26(12-16)32(29,30)20-10-19-18(9-17(20)23)25-21(27)13-31-19/h4-7,9-10,16H,2-3,8,11-13H2,1H3,(H,24,28)(H,25,27)/t16-/m0/s1. The van der Waals surface area contributed by atoms with Crippen molar-refractivity contribution in [2.75, 3.05) is 25.0 Å². The van der Waals surface area contributed by atoms with Gasteiger partial charge in [0.25, 0.3) is 5.91 Å². The molecule has 2 aliphatic heterocycles. The van der Waals surface area contributed by atoms with Crippen molar-refractivity contribution in [2.24, 2.45) is 5.92 Å². The average molecular weight is 478 g/mol. The number of carbonyl (C=O) groups excluding carboxylic acids is 2. The maximum atomic E-state index is 13.3. The molecular weight excluding hydrogens is 454 g/mol. The van der Waals surface area contributed by atoms with E-state index >= 15 is 0 Å². The first-order valence-electron chi connectivity index (χ1n) is 10.3. The highest BCUT2D eigenvalue weighted by atomic mass is 35.5. The number of nitrogens with zero attached hydrogens (tertiary/aromatic N) is 1. The third-order valence-corrected chi connectivity index (χ3v) is 7.96. The summed E-state index contributed by atoms with van der Waals surface area (Å²) in [5, 5.41) is 5.50. The number of nitrogens with one attached hydrogen (secondary N) is 2. The Labute approximate surface area is 191 Å². The molecule has 1 atom stereocenters. The number of carbonyl (C=O) groups is 2. The first-order chi connectivity index (χ1) is 15.2. The number of rotatable bonds is 5. The molecule has 2 aliphatic rings. The van der Waals surface area contributed by atoms with E-state index in [4.69, 9.17) is 16.3 Å². The summed E-state index contributed by atoms with van der Waals surface area (Å²) in [4.78, 5) is 24.1. The zero-order chi connectivity index (χ0) is 22.9. The van der Waals surface area contributed by atoms with Crippen LogP contribution >= 0.6 is 11.6 Å². The van der Waals surface area contributed by atoms with Gasteiger partial charge in [0.1, 0.15) is 10.6 Å². The number of benzene rings is 2. The maximum absolute atomic E-state index is 13.3. The molecule has 32 heavy (non-hydrogen) atoms.